The Balaban J connectivity index is 2.00. The number of aromatic nitrogens is 1. The molecule has 0 aliphatic carbocycles. The molecule has 2 N–H and O–H groups in total. The number of fused-ring (bicyclic) bond motifs is 1. The van der Waals surface area contributed by atoms with E-state index >= 15 is 0 Å². The number of nitrogens with one attached hydrogen (secondary N) is 1. The summed E-state index contributed by atoms with van der Waals surface area (Å²) in [5, 5.41) is 12.9. The zero-order chi connectivity index (χ0) is 17.0. The molecule has 0 fully saturated rings. The van der Waals surface area contributed by atoms with E-state index in [9.17, 15) is 14.7 Å². The second-order valence-electron chi connectivity index (χ2n) is 5.70. The van der Waals surface area contributed by atoms with Gasteiger partial charge in [-0.25, -0.2) is 4.79 Å². The molecule has 2 rings (SSSR count). The van der Waals surface area contributed by atoms with E-state index in [2.05, 4.69) is 21.2 Å². The third-order valence-corrected chi connectivity index (χ3v) is 4.83. The number of carboxylic acid groups (broad SMARTS) is 1. The van der Waals surface area contributed by atoms with Gasteiger partial charge in [0.05, 0.1) is 0 Å². The Labute approximate surface area is 143 Å². The Hall–Kier alpha value is -1.82. The van der Waals surface area contributed by atoms with Crippen LogP contribution < -0.4 is 5.32 Å². The molecule has 1 aromatic heterocycles. The van der Waals surface area contributed by atoms with E-state index in [1.165, 1.54) is 0 Å². The topological polar surface area (TPSA) is 71.3 Å². The highest BCUT2D eigenvalue weighted by molar-refractivity contribution is 9.10. The van der Waals surface area contributed by atoms with Crippen molar-refractivity contribution in [3.8, 4) is 0 Å². The first-order valence-corrected chi connectivity index (χ1v) is 8.48. The fourth-order valence-corrected chi connectivity index (χ4v) is 3.02. The molecule has 5 nitrogen and oxygen atoms in total. The maximum Gasteiger partial charge on any atom is 0.326 e. The smallest absolute Gasteiger partial charge is 0.326 e. The van der Waals surface area contributed by atoms with Crippen molar-refractivity contribution in [1.82, 2.24) is 9.88 Å². The monoisotopic (exact) mass is 380 g/mol. The Morgan fingerprint density at radius 3 is 2.74 bits per heavy atom. The van der Waals surface area contributed by atoms with Gasteiger partial charge in [0.1, 0.15) is 6.04 Å². The van der Waals surface area contributed by atoms with Crippen LogP contribution in [0.2, 0.25) is 0 Å². The zero-order valence-electron chi connectivity index (χ0n) is 13.3. The Morgan fingerprint density at radius 1 is 1.35 bits per heavy atom. The van der Waals surface area contributed by atoms with Gasteiger partial charge in [-0.3, -0.25) is 4.79 Å². The maximum absolute atomic E-state index is 12.1. The second kappa shape index (κ2) is 7.64. The number of halogens is 1. The molecule has 2 unspecified atom stereocenters. The molecule has 6 heteroatoms. The molecule has 1 amide bonds. The van der Waals surface area contributed by atoms with Gasteiger partial charge in [0.2, 0.25) is 5.91 Å². The number of hydrogen-bond donors (Lipinski definition) is 2. The summed E-state index contributed by atoms with van der Waals surface area (Å²) < 4.78 is 3.01. The Morgan fingerprint density at radius 2 is 2.09 bits per heavy atom. The minimum Gasteiger partial charge on any atom is -0.480 e. The van der Waals surface area contributed by atoms with Crippen molar-refractivity contribution in [1.29, 1.82) is 0 Å². The van der Waals surface area contributed by atoms with Gasteiger partial charge in [-0.05, 0) is 24.1 Å². The Kier molecular flexibility index (Phi) is 5.82. The second-order valence-corrected chi connectivity index (χ2v) is 6.56. The average molecular weight is 381 g/mol. The third kappa shape index (κ3) is 4.13. The van der Waals surface area contributed by atoms with E-state index in [1.807, 2.05) is 48.9 Å². The van der Waals surface area contributed by atoms with Crippen molar-refractivity contribution in [2.45, 2.75) is 39.3 Å². The first-order chi connectivity index (χ1) is 10.9. The van der Waals surface area contributed by atoms with Crippen LogP contribution in [0.4, 0.5) is 0 Å². The number of rotatable bonds is 7. The third-order valence-electron chi connectivity index (χ3n) is 4.14. The minimum atomic E-state index is -0.983. The minimum absolute atomic E-state index is 0.0974. The highest BCUT2D eigenvalue weighted by atomic mass is 79.9. The highest BCUT2D eigenvalue weighted by Crippen LogP contribution is 2.24. The SMILES string of the molecule is CCC(C)C(NC(=O)CCn1ccc2c(Br)cccc21)C(=O)O. The van der Waals surface area contributed by atoms with Gasteiger partial charge in [-0.15, -0.1) is 0 Å². The molecule has 1 aromatic carbocycles. The molecule has 2 aromatic rings. The standard InChI is InChI=1S/C17H21BrN2O3/c1-3-11(2)16(17(22)23)19-15(21)8-10-20-9-7-12-13(18)5-4-6-14(12)20/h4-7,9,11,16H,3,8,10H2,1-2H3,(H,19,21)(H,22,23). The number of carbonyl (C=O) groups is 2. The fraction of sp³-hybridized carbons (Fsp3) is 0.412. The summed E-state index contributed by atoms with van der Waals surface area (Å²) in [7, 11) is 0. The zero-order valence-corrected chi connectivity index (χ0v) is 14.8. The maximum atomic E-state index is 12.1. The number of benzene rings is 1. The first kappa shape index (κ1) is 17.5. The average Bonchev–Trinajstić information content (AvgIpc) is 2.94. The van der Waals surface area contributed by atoms with Gasteiger partial charge in [0, 0.05) is 34.5 Å². The molecular formula is C17H21BrN2O3. The number of carboxylic acids is 1. The van der Waals surface area contributed by atoms with Gasteiger partial charge >= 0.3 is 5.97 Å². The van der Waals surface area contributed by atoms with Crippen LogP contribution >= 0.6 is 15.9 Å². The quantitative estimate of drug-likeness (QED) is 0.772. The van der Waals surface area contributed by atoms with E-state index in [0.717, 1.165) is 15.4 Å². The molecule has 0 aliphatic rings. The lowest BCUT2D eigenvalue weighted by atomic mass is 9.99. The molecule has 0 radical (unpaired) electrons. The summed E-state index contributed by atoms with van der Waals surface area (Å²) >= 11 is 3.50. The number of aryl methyl sites for hydroxylation is 1. The molecule has 0 saturated carbocycles. The summed E-state index contributed by atoms with van der Waals surface area (Å²) in [6.45, 7) is 4.26. The highest BCUT2D eigenvalue weighted by Gasteiger charge is 2.25. The van der Waals surface area contributed by atoms with Crippen molar-refractivity contribution < 1.29 is 14.7 Å². The molecular weight excluding hydrogens is 360 g/mol. The van der Waals surface area contributed by atoms with E-state index < -0.39 is 12.0 Å². The van der Waals surface area contributed by atoms with Crippen molar-refractivity contribution >= 4 is 38.7 Å². The summed E-state index contributed by atoms with van der Waals surface area (Å²) in [5.74, 6) is -1.32. The fourth-order valence-electron chi connectivity index (χ4n) is 2.53. The van der Waals surface area contributed by atoms with Crippen LogP contribution in [0.25, 0.3) is 10.9 Å². The van der Waals surface area contributed by atoms with Gasteiger partial charge in [-0.1, -0.05) is 42.3 Å². The van der Waals surface area contributed by atoms with E-state index in [-0.39, 0.29) is 18.2 Å². The number of nitrogens with zero attached hydrogens (tertiary/aromatic N) is 1. The molecule has 2 atom stereocenters. The molecule has 0 bridgehead atoms. The molecule has 1 heterocycles. The normalized spacial score (nSPS) is 13.7. The molecule has 23 heavy (non-hydrogen) atoms. The summed E-state index contributed by atoms with van der Waals surface area (Å²) in [5.41, 5.74) is 1.05. The van der Waals surface area contributed by atoms with Crippen LogP contribution in [0.3, 0.4) is 0 Å². The Bertz CT molecular complexity index is 711. The lowest BCUT2D eigenvalue weighted by Gasteiger charge is -2.20. The van der Waals surface area contributed by atoms with Crippen LogP contribution in [-0.2, 0) is 16.1 Å². The van der Waals surface area contributed by atoms with Gasteiger partial charge in [0.25, 0.3) is 0 Å². The number of carbonyl (C=O) groups excluding carboxylic acids is 1. The first-order valence-electron chi connectivity index (χ1n) is 7.69. The summed E-state index contributed by atoms with van der Waals surface area (Å²) in [6, 6.07) is 7.09. The predicted octanol–water partition coefficient (Wildman–Crippen LogP) is 3.41. The van der Waals surface area contributed by atoms with Crippen LogP contribution in [-0.4, -0.2) is 27.6 Å². The number of aliphatic carboxylic acids is 1. The van der Waals surface area contributed by atoms with Crippen LogP contribution in [0.5, 0.6) is 0 Å². The number of amides is 1. The van der Waals surface area contributed by atoms with Gasteiger partial charge in [-0.2, -0.15) is 0 Å². The van der Waals surface area contributed by atoms with Crippen molar-refractivity contribution in [2.75, 3.05) is 0 Å². The summed E-state index contributed by atoms with van der Waals surface area (Å²) in [6.07, 6.45) is 2.88. The summed E-state index contributed by atoms with van der Waals surface area (Å²) in [4.78, 5) is 23.3. The van der Waals surface area contributed by atoms with Gasteiger partial charge in [0.15, 0.2) is 0 Å². The van der Waals surface area contributed by atoms with Crippen molar-refractivity contribution in [2.24, 2.45) is 5.92 Å². The van der Waals surface area contributed by atoms with Crippen LogP contribution in [0.15, 0.2) is 34.9 Å². The lowest BCUT2D eigenvalue weighted by Crippen LogP contribution is -2.45. The van der Waals surface area contributed by atoms with E-state index in [4.69, 9.17) is 0 Å². The molecule has 124 valence electrons. The lowest BCUT2D eigenvalue weighted by molar-refractivity contribution is -0.143. The molecule has 0 aliphatic heterocycles. The van der Waals surface area contributed by atoms with Crippen LogP contribution in [0.1, 0.15) is 26.7 Å². The largest absolute Gasteiger partial charge is 0.480 e. The van der Waals surface area contributed by atoms with E-state index in [1.54, 1.807) is 0 Å². The van der Waals surface area contributed by atoms with Crippen molar-refractivity contribution in [3.63, 3.8) is 0 Å². The molecule has 0 saturated heterocycles. The molecule has 0 spiro atoms. The predicted molar refractivity (Wildman–Crippen MR) is 93.3 cm³/mol. The van der Waals surface area contributed by atoms with E-state index in [0.29, 0.717) is 13.0 Å². The van der Waals surface area contributed by atoms with Crippen molar-refractivity contribution in [3.05, 3.63) is 34.9 Å². The number of hydrogen-bond acceptors (Lipinski definition) is 2. The van der Waals surface area contributed by atoms with Crippen LogP contribution in [0, 0.1) is 5.92 Å². The van der Waals surface area contributed by atoms with Gasteiger partial charge < -0.3 is 15.0 Å².